The molecule has 0 fully saturated rings. The average Bonchev–Trinajstić information content (AvgIpc) is 1.60. The van der Waals surface area contributed by atoms with Crippen LogP contribution in [0.15, 0.2) is 61.1 Å². The number of likely N-dealkylation sites (N-methyl/N-ethyl adjacent to an activating group) is 4. The Labute approximate surface area is 847 Å². The summed E-state index contributed by atoms with van der Waals surface area (Å²) in [5.41, 5.74) is 5.84. The number of carbonyl (C=O) groups excluding carboxylic acids is 11. The molecule has 0 saturated carbocycles. The van der Waals surface area contributed by atoms with Gasteiger partial charge in [0.2, 0.25) is 35.4 Å². The number of Topliss-reactive ketones (excluding diaryl/α,β-unsaturated/α-hetero) is 5. The summed E-state index contributed by atoms with van der Waals surface area (Å²) < 4.78 is 11.4. The Balaban J connectivity index is 1.37. The van der Waals surface area contributed by atoms with Gasteiger partial charge in [0, 0.05) is 95.9 Å². The number of aromatic carboxylic acids is 2. The van der Waals surface area contributed by atoms with E-state index in [0.29, 0.717) is 185 Å². The van der Waals surface area contributed by atoms with E-state index in [-0.39, 0.29) is 167 Å². The predicted molar refractivity (Wildman–Crippen MR) is 548 cm³/mol. The highest BCUT2D eigenvalue weighted by Crippen LogP contribution is 2.24. The monoisotopic (exact) mass is 2010 g/mol. The Morgan fingerprint density at radius 1 is 0.378 bits per heavy atom. The molecular weight excluding hydrogens is 1840 g/mol. The van der Waals surface area contributed by atoms with Crippen molar-refractivity contribution in [3.63, 3.8) is 0 Å². The van der Waals surface area contributed by atoms with E-state index in [0.717, 1.165) is 89.9 Å². The number of nitrogens with zero attached hydrogens (tertiary/aromatic N) is 5. The van der Waals surface area contributed by atoms with Crippen molar-refractivity contribution in [1.82, 2.24) is 66.8 Å². The number of carboxylic acid groups (broad SMARTS) is 5. The number of nitrogens with two attached hydrogens (primary N) is 1. The van der Waals surface area contributed by atoms with Crippen LogP contribution in [-0.2, 0) is 73.5 Å². The zero-order valence-corrected chi connectivity index (χ0v) is 87.3. The Morgan fingerprint density at radius 3 is 1.22 bits per heavy atom. The Kier molecular flexibility index (Phi) is 65.9. The number of aliphatic carboxylic acids is 3. The third-order valence-electron chi connectivity index (χ3n) is 26.3. The summed E-state index contributed by atoms with van der Waals surface area (Å²) in [5, 5.41) is 68.5. The third kappa shape index (κ3) is 57.7. The van der Waals surface area contributed by atoms with E-state index >= 15 is 0 Å². The number of benzene rings is 2. The predicted octanol–water partition coefficient (Wildman–Crippen LogP) is 12.0. The number of aromatic amines is 1. The van der Waals surface area contributed by atoms with Crippen LogP contribution in [0.25, 0.3) is 0 Å². The molecule has 0 spiro atoms. The molecule has 0 aliphatic rings. The lowest BCUT2D eigenvalue weighted by Gasteiger charge is -2.28. The second-order valence-corrected chi connectivity index (χ2v) is 39.6. The third-order valence-corrected chi connectivity index (χ3v) is 26.3. The molecule has 3 rings (SSSR count). The van der Waals surface area contributed by atoms with Gasteiger partial charge in [-0.05, 0) is 260 Å². The average molecular weight is 2010 g/mol. The molecule has 9 atom stereocenters. The lowest BCUT2D eigenvalue weighted by molar-refractivity contribution is -0.144. The summed E-state index contributed by atoms with van der Waals surface area (Å²) in [6.45, 7) is 5.19. The van der Waals surface area contributed by atoms with E-state index in [4.69, 9.17) is 25.4 Å². The molecule has 37 nitrogen and oxygen atoms in total. The first-order chi connectivity index (χ1) is 68.2. The van der Waals surface area contributed by atoms with Crippen molar-refractivity contribution in [2.45, 2.75) is 370 Å². The standard InChI is InChI=1S/C106H174N14O23/c1-106(2,116-97(128)85(107)72-80-73-108-75-114-80)94(125)74-113-86(44-32-36-67-111-98(129)90(119(7)8)47-28-24-29-49-93(124)88(117(3)4)45-33-37-65-109-95(126)64-56-79(104(138)139)71-82(122)43-25-19-15-11-13-17-21-39-69-142-83-58-51-77(52-59-83)102(134)135)92(123)63-55-76(101(132)133)41-31-35-66-110-100(131)91(120(9)10)48-34-38-68-112-99(130)89(118(5)6)46-27-23-26-42-81(121)57-62-87(105(140)141)115-96(127)50-30-20-16-12-14-18-22-40-70-143-84-60-53-78(54-61-84)103(136)137/h51-54,58-61,73,75-76,79,85-91,113H,11-50,55-57,62-72,74,107H2,1-10H3,(H,108,114)(H,109,126)(H,110,131)(H,111,129)(H,112,130)(H,115,127)(H,116,128)(H,132,133)(H,134,135)(H,136,137)(H,138,139)(H,140,141)/t76-,79-,85+,86+,87+,88+,89+,90+,91+/m1/s1. The van der Waals surface area contributed by atoms with E-state index in [2.05, 4.69) is 47.2 Å². The zero-order chi connectivity index (χ0) is 106. The van der Waals surface area contributed by atoms with Crippen LogP contribution in [0.5, 0.6) is 11.5 Å². The number of unbranched alkanes of at least 4 members (excludes halogenated alkanes) is 22. The molecule has 1 heterocycles. The second-order valence-electron chi connectivity index (χ2n) is 39.6. The molecule has 1 aromatic heterocycles. The maximum absolute atomic E-state index is 14.2. The first kappa shape index (κ1) is 127. The van der Waals surface area contributed by atoms with Crippen molar-refractivity contribution in [3.05, 3.63) is 77.9 Å². The highest BCUT2D eigenvalue weighted by Gasteiger charge is 2.34. The van der Waals surface area contributed by atoms with Crippen LogP contribution in [0.2, 0.25) is 0 Å². The molecule has 0 aliphatic heterocycles. The number of hydrogen-bond donors (Lipinski definition) is 14. The van der Waals surface area contributed by atoms with Gasteiger partial charge in [-0.15, -0.1) is 0 Å². The number of amides is 6. The Bertz CT molecular complexity index is 4240. The van der Waals surface area contributed by atoms with Gasteiger partial charge in [-0.3, -0.25) is 81.9 Å². The van der Waals surface area contributed by atoms with Gasteiger partial charge in [0.1, 0.15) is 40.7 Å². The minimum atomic E-state index is -1.40. The van der Waals surface area contributed by atoms with Gasteiger partial charge >= 0.3 is 29.8 Å². The molecular formula is C106H174N14O23. The van der Waals surface area contributed by atoms with Gasteiger partial charge in [0.05, 0.1) is 90.8 Å². The maximum Gasteiger partial charge on any atom is 0.335 e. The fourth-order valence-electron chi connectivity index (χ4n) is 17.2. The number of hydrogen-bond acceptors (Lipinski definition) is 25. The molecule has 6 amide bonds. The summed E-state index contributed by atoms with van der Waals surface area (Å²) in [7, 11) is 14.6. The maximum atomic E-state index is 14.2. The van der Waals surface area contributed by atoms with Crippen LogP contribution in [0, 0.1) is 11.8 Å². The van der Waals surface area contributed by atoms with Crippen LogP contribution < -0.4 is 52.4 Å². The van der Waals surface area contributed by atoms with Gasteiger partial charge in [-0.1, -0.05) is 109 Å². The number of rotatable bonds is 90. The quantitative estimate of drug-likeness (QED) is 0.0233. The summed E-state index contributed by atoms with van der Waals surface area (Å²) in [4.78, 5) is 220. The van der Waals surface area contributed by atoms with Crippen molar-refractivity contribution in [2.75, 3.05) is 102 Å². The molecule has 143 heavy (non-hydrogen) atoms. The minimum Gasteiger partial charge on any atom is -0.494 e. The fourth-order valence-corrected chi connectivity index (χ4v) is 17.2. The zero-order valence-electron chi connectivity index (χ0n) is 87.3. The molecule has 0 radical (unpaired) electrons. The van der Waals surface area contributed by atoms with Gasteiger partial charge in [0.25, 0.3) is 0 Å². The van der Waals surface area contributed by atoms with Crippen LogP contribution >= 0.6 is 0 Å². The highest BCUT2D eigenvalue weighted by atomic mass is 16.5. The first-order valence-electron chi connectivity index (χ1n) is 52.3. The molecule has 0 bridgehead atoms. The number of carboxylic acids is 5. The molecule has 2 aromatic carbocycles. The summed E-state index contributed by atoms with van der Waals surface area (Å²) >= 11 is 0. The van der Waals surface area contributed by atoms with Crippen LogP contribution in [0.4, 0.5) is 0 Å². The number of carbonyl (C=O) groups is 16. The van der Waals surface area contributed by atoms with Crippen LogP contribution in [-0.4, -0.2) is 299 Å². The smallest absolute Gasteiger partial charge is 0.335 e. The second kappa shape index (κ2) is 74.4. The molecule has 3 aromatic rings. The normalized spacial score (nSPS) is 13.5. The number of nitrogens with one attached hydrogen (secondary N) is 8. The summed E-state index contributed by atoms with van der Waals surface area (Å²) in [5.74, 6) is -8.46. The number of ketones is 5. The molecule has 37 heteroatoms. The largest absolute Gasteiger partial charge is 0.494 e. The van der Waals surface area contributed by atoms with E-state index in [1.165, 1.54) is 44.4 Å². The number of H-pyrrole nitrogens is 1. The molecule has 0 saturated heterocycles. The highest BCUT2D eigenvalue weighted by molar-refractivity contribution is 5.96. The molecule has 15 N–H and O–H groups in total. The summed E-state index contributed by atoms with van der Waals surface area (Å²) in [6, 6.07) is 7.94. The van der Waals surface area contributed by atoms with Gasteiger partial charge < -0.3 is 82.9 Å². The van der Waals surface area contributed by atoms with Gasteiger partial charge in [-0.25, -0.2) is 19.4 Å². The van der Waals surface area contributed by atoms with Crippen molar-refractivity contribution in [3.8, 4) is 11.5 Å². The number of imidazole rings is 1. The van der Waals surface area contributed by atoms with Crippen LogP contribution in [0.3, 0.4) is 0 Å². The molecule has 0 unspecified atom stereocenters. The molecule has 806 valence electrons. The van der Waals surface area contributed by atoms with Gasteiger partial charge in [0.15, 0.2) is 5.78 Å². The van der Waals surface area contributed by atoms with Crippen molar-refractivity contribution in [1.29, 1.82) is 0 Å². The fraction of sp³-hybridized carbons (Fsp3) is 0.708. The SMILES string of the molecule is CN(C)[C@@H](CCCCNC(=O)CC[C@H](CC(=O)CCCCCCCCCCOc1ccc(C(=O)O)cc1)C(=O)O)C(=O)CCCCC[C@@H](C(=O)NCCCC[C@H](NCC(=O)C(C)(C)NC(=O)[C@@H](N)Cc1cnc[nH]1)C(=O)CC[C@@H](CCCCNC(=O)[C@H](CCCCNC(=O)[C@H](CCCCCC(=O)CC[C@H](NC(=O)CCCCCCCCCCOc1ccc(C(=O)O)cc1)C(=O)O)N(C)C)N(C)C)C(=O)O)N(C)C. The van der Waals surface area contributed by atoms with Crippen molar-refractivity contribution in [2.24, 2.45) is 17.6 Å². The van der Waals surface area contributed by atoms with E-state index in [1.54, 1.807) is 30.5 Å². The minimum absolute atomic E-state index is 0.00137. The van der Waals surface area contributed by atoms with E-state index in [9.17, 15) is 92.0 Å². The summed E-state index contributed by atoms with van der Waals surface area (Å²) in [6.07, 6.45) is 30.1. The lowest BCUT2D eigenvalue weighted by Crippen LogP contribution is -2.57. The van der Waals surface area contributed by atoms with E-state index in [1.807, 2.05) is 76.0 Å². The Morgan fingerprint density at radius 2 is 0.776 bits per heavy atom. The first-order valence-corrected chi connectivity index (χ1v) is 52.3. The van der Waals surface area contributed by atoms with Crippen molar-refractivity contribution < 1.29 is 112 Å². The van der Waals surface area contributed by atoms with Crippen LogP contribution in [0.1, 0.15) is 342 Å². The number of ether oxygens (including phenoxy) is 2. The van der Waals surface area contributed by atoms with E-state index < -0.39 is 95.2 Å². The molecule has 0 aliphatic carbocycles. The topological polar surface area (TPSA) is 545 Å². The Hall–Kier alpha value is -10.5. The number of aromatic nitrogens is 2. The van der Waals surface area contributed by atoms with Gasteiger partial charge in [-0.2, -0.15) is 0 Å². The lowest BCUT2D eigenvalue weighted by atomic mass is 9.92. The van der Waals surface area contributed by atoms with Crippen molar-refractivity contribution >= 4 is 94.2 Å².